The molecule has 1 aromatic rings. The van der Waals surface area contributed by atoms with E-state index in [1.807, 2.05) is 0 Å². The average molecular weight is 276 g/mol. The summed E-state index contributed by atoms with van der Waals surface area (Å²) in [6.45, 7) is 0. The summed E-state index contributed by atoms with van der Waals surface area (Å²) in [5.74, 6) is -0.0469. The van der Waals surface area contributed by atoms with Gasteiger partial charge in [0, 0.05) is 6.08 Å². The molecule has 0 aliphatic rings. The molecule has 0 fully saturated rings. The van der Waals surface area contributed by atoms with Crippen molar-refractivity contribution in [2.45, 2.75) is 6.18 Å². The molecule has 0 aliphatic carbocycles. The van der Waals surface area contributed by atoms with Gasteiger partial charge in [-0.15, -0.1) is 0 Å². The molecule has 0 atom stereocenters. The Morgan fingerprint density at radius 3 is 2.12 bits per heavy atom. The number of para-hydroxylation sites is 1. The van der Waals surface area contributed by atoms with Crippen LogP contribution in [0, 0.1) is 0 Å². The molecule has 1 rings (SSSR count). The molecule has 0 heterocycles. The number of alkyl halides is 3. The van der Waals surface area contributed by atoms with Gasteiger partial charge in [-0.2, -0.15) is 21.6 Å². The third-order valence-electron chi connectivity index (χ3n) is 1.38. The van der Waals surface area contributed by atoms with Crippen molar-refractivity contribution < 1.29 is 25.8 Å². The second-order valence-electron chi connectivity index (χ2n) is 2.73. The van der Waals surface area contributed by atoms with Crippen molar-refractivity contribution in [1.82, 2.24) is 0 Å². The summed E-state index contributed by atoms with van der Waals surface area (Å²) in [4.78, 5) is 0. The second-order valence-corrected chi connectivity index (χ2v) is 4.16. The number of hydrogen-bond donors (Lipinski definition) is 0. The predicted octanol–water partition coefficient (Wildman–Crippen LogP) is 1.82. The van der Waals surface area contributed by atoms with Crippen LogP contribution in [0.25, 0.3) is 0 Å². The molecule has 0 unspecified atom stereocenters. The molecule has 8 heteroatoms. The summed E-state index contributed by atoms with van der Waals surface area (Å²) in [5, 5.41) is -0.0278. The zero-order valence-corrected chi connectivity index (χ0v) is 8.62. The fourth-order valence-corrected chi connectivity index (χ4v) is 1.55. The van der Waals surface area contributed by atoms with Gasteiger partial charge in [0.15, 0.2) is 0 Å². The van der Waals surface area contributed by atoms with Gasteiger partial charge in [-0.3, -0.25) is 0 Å². The zero-order chi connectivity index (χ0) is 12.2. The van der Waals surface area contributed by atoms with Gasteiger partial charge in [0.1, 0.15) is 5.75 Å². The van der Waals surface area contributed by atoms with Crippen molar-refractivity contribution >= 4 is 39.7 Å². The van der Waals surface area contributed by atoms with Gasteiger partial charge in [0.05, 0.1) is 5.41 Å². The molecule has 0 N–H and O–H groups in total. The molecule has 0 spiro atoms. The Morgan fingerprint density at radius 1 is 1.12 bits per heavy atom. The summed E-state index contributed by atoms with van der Waals surface area (Å²) in [7, 11) is -4.37. The Balaban J connectivity index is 0.00000256. The summed E-state index contributed by atoms with van der Waals surface area (Å²) >= 11 is 0. The topological polar surface area (TPSA) is 43.4 Å². The molecule has 0 aromatic heterocycles. The third-order valence-corrected chi connectivity index (χ3v) is 2.27. The van der Waals surface area contributed by atoms with E-state index in [2.05, 4.69) is 4.18 Å². The number of hydrogen-bond acceptors (Lipinski definition) is 3. The Bertz CT molecular complexity index is 468. The SMILES string of the molecule is O=S(=O)(C=CC(F)(F)F)Oc1ccccc1.[NaH]. The molecule has 17 heavy (non-hydrogen) atoms. The van der Waals surface area contributed by atoms with Gasteiger partial charge in [-0.1, -0.05) is 18.2 Å². The normalized spacial score (nSPS) is 12.2. The van der Waals surface area contributed by atoms with Crippen LogP contribution in [-0.4, -0.2) is 44.2 Å². The molecule has 3 nitrogen and oxygen atoms in total. The average Bonchev–Trinajstić information content (AvgIpc) is 2.15. The van der Waals surface area contributed by atoms with E-state index >= 15 is 0 Å². The van der Waals surface area contributed by atoms with E-state index in [1.54, 1.807) is 6.07 Å². The summed E-state index contributed by atoms with van der Waals surface area (Å²) in [5.41, 5.74) is 0. The minimum absolute atomic E-state index is 0. The van der Waals surface area contributed by atoms with Crippen molar-refractivity contribution in [2.24, 2.45) is 0 Å². The molecule has 0 saturated carbocycles. The molecule has 0 radical (unpaired) electrons. The van der Waals surface area contributed by atoms with Gasteiger partial charge in [-0.25, -0.2) is 0 Å². The van der Waals surface area contributed by atoms with E-state index in [0.29, 0.717) is 0 Å². The van der Waals surface area contributed by atoms with Gasteiger partial charge in [0.2, 0.25) is 0 Å². The fourth-order valence-electron chi connectivity index (χ4n) is 0.798. The van der Waals surface area contributed by atoms with E-state index < -0.39 is 22.4 Å². The van der Waals surface area contributed by atoms with Crippen LogP contribution in [0.1, 0.15) is 0 Å². The van der Waals surface area contributed by atoms with E-state index in [0.717, 1.165) is 0 Å². The van der Waals surface area contributed by atoms with Gasteiger partial charge < -0.3 is 4.18 Å². The molecular formula is C9H8F3NaO3S. The molecular weight excluding hydrogens is 268 g/mol. The first-order chi connectivity index (χ1) is 7.29. The zero-order valence-electron chi connectivity index (χ0n) is 7.81. The summed E-state index contributed by atoms with van der Waals surface area (Å²) in [6, 6.07) is 7.25. The van der Waals surface area contributed by atoms with Crippen molar-refractivity contribution in [1.29, 1.82) is 0 Å². The van der Waals surface area contributed by atoms with E-state index in [9.17, 15) is 21.6 Å². The number of allylic oxidation sites excluding steroid dienone is 1. The second kappa shape index (κ2) is 6.44. The first-order valence-electron chi connectivity index (χ1n) is 4.04. The van der Waals surface area contributed by atoms with E-state index in [-0.39, 0.29) is 40.7 Å². The maximum absolute atomic E-state index is 11.7. The Hall–Kier alpha value is -0.500. The van der Waals surface area contributed by atoms with E-state index in [4.69, 9.17) is 0 Å². The Morgan fingerprint density at radius 2 is 1.65 bits per heavy atom. The quantitative estimate of drug-likeness (QED) is 0.625. The van der Waals surface area contributed by atoms with Crippen molar-refractivity contribution in [3.8, 4) is 5.75 Å². The van der Waals surface area contributed by atoms with E-state index in [1.165, 1.54) is 24.3 Å². The van der Waals surface area contributed by atoms with Crippen LogP contribution in [0.2, 0.25) is 0 Å². The van der Waals surface area contributed by atoms with Crippen molar-refractivity contribution in [3.63, 3.8) is 0 Å². The number of benzene rings is 1. The van der Waals surface area contributed by atoms with Crippen LogP contribution in [0.3, 0.4) is 0 Å². The molecule has 0 amide bonds. The molecule has 0 bridgehead atoms. The summed E-state index contributed by atoms with van der Waals surface area (Å²) < 4.78 is 61.6. The third kappa shape index (κ3) is 7.43. The van der Waals surface area contributed by atoms with Gasteiger partial charge >= 0.3 is 45.9 Å². The monoisotopic (exact) mass is 276 g/mol. The van der Waals surface area contributed by atoms with Gasteiger partial charge in [-0.05, 0) is 12.1 Å². The standard InChI is InChI=1S/C9H7F3O3S.Na.H/c10-9(11,12)6-7-16(13,14)15-8-4-2-1-3-5-8;;/h1-7H;;. The molecule has 0 aliphatic heterocycles. The Labute approximate surface area is 119 Å². The van der Waals surface area contributed by atoms with Crippen molar-refractivity contribution in [2.75, 3.05) is 0 Å². The van der Waals surface area contributed by atoms with Crippen LogP contribution in [-0.2, 0) is 10.1 Å². The van der Waals surface area contributed by atoms with Crippen molar-refractivity contribution in [3.05, 3.63) is 41.8 Å². The first kappa shape index (κ1) is 16.5. The molecule has 1 aromatic carbocycles. The summed E-state index contributed by atoms with van der Waals surface area (Å²) in [6.07, 6.45) is -5.08. The van der Waals surface area contributed by atoms with Crippen LogP contribution < -0.4 is 4.18 Å². The fraction of sp³-hybridized carbons (Fsp3) is 0.111. The van der Waals surface area contributed by atoms with Crippen LogP contribution in [0.4, 0.5) is 13.2 Å². The van der Waals surface area contributed by atoms with Crippen LogP contribution in [0.15, 0.2) is 41.8 Å². The Kier molecular flexibility index (Phi) is 6.25. The predicted molar refractivity (Wildman–Crippen MR) is 58.3 cm³/mol. The van der Waals surface area contributed by atoms with Crippen LogP contribution in [0.5, 0.6) is 5.75 Å². The number of halogens is 3. The maximum atomic E-state index is 11.7. The minimum atomic E-state index is -4.69. The van der Waals surface area contributed by atoms with Crippen LogP contribution >= 0.6 is 0 Å². The number of rotatable bonds is 3. The molecule has 90 valence electrons. The molecule has 0 saturated heterocycles. The van der Waals surface area contributed by atoms with Gasteiger partial charge in [0.25, 0.3) is 0 Å². The first-order valence-corrected chi connectivity index (χ1v) is 5.51.